The molecule has 0 heterocycles. The Morgan fingerprint density at radius 2 is 1.91 bits per heavy atom. The van der Waals surface area contributed by atoms with Crippen LogP contribution in [0.1, 0.15) is 40.0 Å². The van der Waals surface area contributed by atoms with Gasteiger partial charge in [0.2, 0.25) is 0 Å². The van der Waals surface area contributed by atoms with Gasteiger partial charge in [0, 0.05) is 0 Å². The third-order valence-electron chi connectivity index (χ3n) is 2.67. The van der Waals surface area contributed by atoms with Crippen LogP contribution in [-0.4, -0.2) is 16.9 Å². The lowest BCUT2D eigenvalue weighted by Gasteiger charge is -2.41. The Labute approximate surface area is 67.6 Å². The molecule has 0 bridgehead atoms. The minimum Gasteiger partial charge on any atom is -0.393 e. The molecule has 66 valence electrons. The van der Waals surface area contributed by atoms with Crippen molar-refractivity contribution in [3.05, 3.63) is 0 Å². The van der Waals surface area contributed by atoms with Crippen LogP contribution in [0, 0.1) is 5.41 Å². The van der Waals surface area contributed by atoms with Gasteiger partial charge in [-0.25, -0.2) is 4.39 Å². The second-order valence-corrected chi connectivity index (χ2v) is 4.63. The van der Waals surface area contributed by atoms with E-state index in [2.05, 4.69) is 0 Å². The Kier molecular flexibility index (Phi) is 1.99. The molecule has 1 N–H and O–H groups in total. The van der Waals surface area contributed by atoms with E-state index in [4.69, 9.17) is 0 Å². The van der Waals surface area contributed by atoms with Gasteiger partial charge in [0.05, 0.1) is 6.10 Å². The summed E-state index contributed by atoms with van der Waals surface area (Å²) in [5.74, 6) is 0. The zero-order valence-electron chi connectivity index (χ0n) is 7.52. The average molecular weight is 160 g/mol. The molecule has 1 nitrogen and oxygen atoms in total. The van der Waals surface area contributed by atoms with Crippen molar-refractivity contribution in [1.82, 2.24) is 0 Å². The summed E-state index contributed by atoms with van der Waals surface area (Å²) in [6.45, 7) is 5.48. The van der Waals surface area contributed by atoms with Crippen LogP contribution in [-0.2, 0) is 0 Å². The fraction of sp³-hybridized carbons (Fsp3) is 1.00. The number of aliphatic hydroxyl groups excluding tert-OH is 1. The molecule has 1 aliphatic rings. The minimum absolute atomic E-state index is 0.248. The summed E-state index contributed by atoms with van der Waals surface area (Å²) in [5, 5.41) is 9.50. The van der Waals surface area contributed by atoms with E-state index in [-0.39, 0.29) is 11.5 Å². The third-order valence-corrected chi connectivity index (χ3v) is 2.67. The van der Waals surface area contributed by atoms with Crippen molar-refractivity contribution >= 4 is 0 Å². The normalized spacial score (nSPS) is 43.9. The van der Waals surface area contributed by atoms with Crippen molar-refractivity contribution in [2.45, 2.75) is 51.8 Å². The number of halogens is 1. The average Bonchev–Trinajstić information content (AvgIpc) is 1.77. The Bertz CT molecular complexity index is 152. The lowest BCUT2D eigenvalue weighted by molar-refractivity contribution is -0.0500. The largest absolute Gasteiger partial charge is 0.393 e. The summed E-state index contributed by atoms with van der Waals surface area (Å²) in [4.78, 5) is 0. The van der Waals surface area contributed by atoms with Gasteiger partial charge in [0.25, 0.3) is 0 Å². The Hall–Kier alpha value is -0.110. The highest BCUT2D eigenvalue weighted by Crippen LogP contribution is 2.42. The second kappa shape index (κ2) is 2.44. The predicted octanol–water partition coefficient (Wildman–Crippen LogP) is 2.29. The summed E-state index contributed by atoms with van der Waals surface area (Å²) in [5.41, 5.74) is -1.32. The minimum atomic E-state index is -1.07. The molecule has 2 heteroatoms. The van der Waals surface area contributed by atoms with Crippen molar-refractivity contribution < 1.29 is 9.50 Å². The number of rotatable bonds is 0. The molecule has 2 unspecified atom stereocenters. The van der Waals surface area contributed by atoms with E-state index in [1.165, 1.54) is 0 Å². The quantitative estimate of drug-likeness (QED) is 0.576. The lowest BCUT2D eigenvalue weighted by atomic mass is 9.69. The van der Waals surface area contributed by atoms with Gasteiger partial charge in [-0.2, -0.15) is 0 Å². The van der Waals surface area contributed by atoms with Crippen LogP contribution in [0.4, 0.5) is 4.39 Å². The Balaban J connectivity index is 2.67. The molecule has 0 radical (unpaired) electrons. The first-order chi connectivity index (χ1) is 4.83. The van der Waals surface area contributed by atoms with Gasteiger partial charge in [-0.05, 0) is 31.6 Å². The van der Waals surface area contributed by atoms with Crippen molar-refractivity contribution in [3.8, 4) is 0 Å². The lowest BCUT2D eigenvalue weighted by Crippen LogP contribution is -2.42. The maximum absolute atomic E-state index is 13.4. The summed E-state index contributed by atoms with van der Waals surface area (Å²) in [7, 11) is 0. The van der Waals surface area contributed by atoms with Gasteiger partial charge in [0.15, 0.2) is 0 Å². The molecule has 1 fully saturated rings. The van der Waals surface area contributed by atoms with Crippen LogP contribution in [0.25, 0.3) is 0 Å². The van der Waals surface area contributed by atoms with E-state index in [0.717, 1.165) is 0 Å². The Morgan fingerprint density at radius 3 is 2.27 bits per heavy atom. The standard InChI is InChI=1S/C9H17FO/c1-8(2)6-9(3,10)5-4-7(8)11/h7,11H,4-6H2,1-3H3. The van der Waals surface area contributed by atoms with Gasteiger partial charge in [0.1, 0.15) is 5.67 Å². The molecule has 0 amide bonds. The predicted molar refractivity (Wildman–Crippen MR) is 43.2 cm³/mol. The molecule has 0 aromatic heterocycles. The fourth-order valence-corrected chi connectivity index (χ4v) is 1.98. The zero-order chi connectivity index (χ0) is 8.70. The van der Waals surface area contributed by atoms with E-state index >= 15 is 0 Å². The molecule has 1 saturated carbocycles. The van der Waals surface area contributed by atoms with Gasteiger partial charge in [-0.3, -0.25) is 0 Å². The molecule has 1 rings (SSSR count). The SMILES string of the molecule is CC1(F)CCC(O)C(C)(C)C1. The molecule has 0 aromatic carbocycles. The fourth-order valence-electron chi connectivity index (χ4n) is 1.98. The molecular formula is C9H17FO. The van der Waals surface area contributed by atoms with Crippen LogP contribution in [0.3, 0.4) is 0 Å². The number of hydrogen-bond acceptors (Lipinski definition) is 1. The van der Waals surface area contributed by atoms with E-state index in [9.17, 15) is 9.50 Å². The monoisotopic (exact) mass is 160 g/mol. The van der Waals surface area contributed by atoms with E-state index in [1.54, 1.807) is 6.92 Å². The first-order valence-electron chi connectivity index (χ1n) is 4.20. The molecule has 1 aliphatic carbocycles. The molecular weight excluding hydrogens is 143 g/mol. The highest BCUT2D eigenvalue weighted by Gasteiger charge is 2.42. The Morgan fingerprint density at radius 1 is 1.36 bits per heavy atom. The maximum atomic E-state index is 13.4. The van der Waals surface area contributed by atoms with Crippen molar-refractivity contribution in [3.63, 3.8) is 0 Å². The van der Waals surface area contributed by atoms with Crippen LogP contribution in [0.15, 0.2) is 0 Å². The number of hydrogen-bond donors (Lipinski definition) is 1. The van der Waals surface area contributed by atoms with E-state index < -0.39 is 5.67 Å². The van der Waals surface area contributed by atoms with Gasteiger partial charge in [-0.15, -0.1) is 0 Å². The smallest absolute Gasteiger partial charge is 0.109 e. The molecule has 0 saturated heterocycles. The third kappa shape index (κ3) is 1.92. The van der Waals surface area contributed by atoms with Crippen LogP contribution in [0.5, 0.6) is 0 Å². The number of aliphatic hydroxyl groups is 1. The summed E-state index contributed by atoms with van der Waals surface area (Å²) in [6, 6.07) is 0. The molecule has 0 aliphatic heterocycles. The first-order valence-corrected chi connectivity index (χ1v) is 4.20. The maximum Gasteiger partial charge on any atom is 0.109 e. The van der Waals surface area contributed by atoms with Crippen molar-refractivity contribution in [2.24, 2.45) is 5.41 Å². The number of alkyl halides is 1. The van der Waals surface area contributed by atoms with Gasteiger partial charge >= 0.3 is 0 Å². The zero-order valence-corrected chi connectivity index (χ0v) is 7.52. The summed E-state index contributed by atoms with van der Waals surface area (Å²) >= 11 is 0. The topological polar surface area (TPSA) is 20.2 Å². The highest BCUT2D eigenvalue weighted by atomic mass is 19.1. The van der Waals surface area contributed by atoms with Gasteiger partial charge < -0.3 is 5.11 Å². The summed E-state index contributed by atoms with van der Waals surface area (Å²) in [6.07, 6.45) is 1.24. The van der Waals surface area contributed by atoms with Crippen molar-refractivity contribution in [1.29, 1.82) is 0 Å². The molecule has 11 heavy (non-hydrogen) atoms. The van der Waals surface area contributed by atoms with Crippen LogP contribution < -0.4 is 0 Å². The van der Waals surface area contributed by atoms with Crippen molar-refractivity contribution in [2.75, 3.05) is 0 Å². The van der Waals surface area contributed by atoms with Gasteiger partial charge in [-0.1, -0.05) is 13.8 Å². The van der Waals surface area contributed by atoms with Crippen LogP contribution >= 0.6 is 0 Å². The highest BCUT2D eigenvalue weighted by molar-refractivity contribution is 4.92. The molecule has 0 spiro atoms. The van der Waals surface area contributed by atoms with E-state index in [0.29, 0.717) is 19.3 Å². The first kappa shape index (κ1) is 8.98. The molecule has 0 aromatic rings. The molecule has 2 atom stereocenters. The van der Waals surface area contributed by atoms with Crippen LogP contribution in [0.2, 0.25) is 0 Å². The second-order valence-electron chi connectivity index (χ2n) is 4.63. The van der Waals surface area contributed by atoms with E-state index in [1.807, 2.05) is 13.8 Å². The summed E-state index contributed by atoms with van der Waals surface area (Å²) < 4.78 is 13.4.